The Balaban J connectivity index is -0.000000126. The van der Waals surface area contributed by atoms with Crippen LogP contribution in [0.15, 0.2) is 32.4 Å². The summed E-state index contributed by atoms with van der Waals surface area (Å²) < 4.78 is 0. The van der Waals surface area contributed by atoms with Crippen LogP contribution in [-0.2, 0) is 98.1 Å². The Morgan fingerprint density at radius 1 is 0.604 bits per heavy atom. The molecule has 0 amide bonds. The fraction of sp³-hybridized carbons (Fsp3) is 0.250. The Morgan fingerprint density at radius 3 is 1.29 bits per heavy atom. The Morgan fingerprint density at radius 2 is 0.938 bits per heavy atom. The number of nitrogens with one attached hydrogen (secondary N) is 2. The van der Waals surface area contributed by atoms with Crippen molar-refractivity contribution in [2.45, 2.75) is 48.5 Å². The molecule has 0 spiro atoms. The SMILES string of the molecule is Cc1nc(Cl)nc(Cl)c1C.II.[2HH].[CH-]=NC(=[CH-])N.[CH-]=NC(=[CH-])Nc1nc(C)nc(C)c1C.[CH-]=NC(=[CH-])Nc1nc(Cl)nc(C)c1C.[Y].[Y].[Y]. The molecule has 3 radical (unpaired) electrons. The minimum atomic E-state index is -0.0926. The van der Waals surface area contributed by atoms with Gasteiger partial charge in [-0.05, 0) is 71.7 Å². The molecule has 0 saturated heterocycles. The molecule has 20 heteroatoms. The predicted octanol–water partition coefficient (Wildman–Crippen LogP) is 7.88. The number of hydrogen-bond acceptors (Lipinski definition) is 12. The third kappa shape index (κ3) is 24.7. The minimum Gasteiger partial charge on any atom is -0.577 e. The van der Waals surface area contributed by atoms with Gasteiger partial charge < -0.3 is 51.1 Å². The van der Waals surface area contributed by atoms with E-state index in [-0.39, 0.29) is 128 Å². The van der Waals surface area contributed by atoms with Gasteiger partial charge in [-0.3, -0.25) is 0 Å². The van der Waals surface area contributed by atoms with E-state index in [0.29, 0.717) is 22.6 Å². The molecule has 0 aromatic carbocycles. The third-order valence-electron chi connectivity index (χ3n) is 5.09. The number of rotatable bonds is 7. The Kier molecular flexibility index (Phi) is 38.8. The standard InChI is InChI=1S/C10H12N4.C9H9ClN4.C6H6Cl2N2.C3H4N2.I2.3Y.H2/c1-6-7(2)12-9(4)14-10(6)13-8(3)11-5;1-5-6(2)12-9(10)14-8(5)13-7(3)11-4;1-3-4(2)9-6(8)10-5(3)7;1-3(4)5-2;1-2;;;;/h3,5H,1-2,4H3,(H,12,13,14);3-4H,1-2H3,(H,12,13,14);1-2H3;1-2H,4H2;;;;;1H/q2*-2;;-2;;;;;/i;;;;;;;;1+1. The molecular weight excluding hydrogens is 1130 g/mol. The van der Waals surface area contributed by atoms with E-state index in [1.54, 1.807) is 0 Å². The van der Waals surface area contributed by atoms with Crippen LogP contribution in [0.1, 0.15) is 41.0 Å². The van der Waals surface area contributed by atoms with Crippen LogP contribution in [0.2, 0.25) is 15.7 Å². The molecule has 48 heavy (non-hydrogen) atoms. The molecule has 255 valence electrons. The molecule has 0 saturated carbocycles. The number of aromatic nitrogens is 6. The van der Waals surface area contributed by atoms with Crippen molar-refractivity contribution in [2.24, 2.45) is 20.7 Å². The quantitative estimate of drug-likeness (QED) is 0.0702. The summed E-state index contributed by atoms with van der Waals surface area (Å²) in [5, 5.41) is 6.29. The largest absolute Gasteiger partial charge is 0.577 e. The zero-order chi connectivity index (χ0) is 35.4. The zero-order valence-corrected chi connectivity index (χ0v) is 42.3. The van der Waals surface area contributed by atoms with E-state index in [1.807, 2.05) is 48.5 Å². The maximum absolute atomic E-state index is 5.68. The summed E-state index contributed by atoms with van der Waals surface area (Å²) in [5.74, 6) is 1.94. The fourth-order valence-corrected chi connectivity index (χ4v) is 3.16. The van der Waals surface area contributed by atoms with E-state index in [4.69, 9.17) is 73.7 Å². The number of nitrogens with zero attached hydrogens (tertiary/aromatic N) is 9. The van der Waals surface area contributed by atoms with E-state index in [9.17, 15) is 0 Å². The van der Waals surface area contributed by atoms with Gasteiger partial charge in [-0.2, -0.15) is 20.2 Å². The molecule has 0 unspecified atom stereocenters. The van der Waals surface area contributed by atoms with Crippen LogP contribution in [0.3, 0.4) is 0 Å². The van der Waals surface area contributed by atoms with E-state index in [2.05, 4.69) is 99.5 Å². The number of aryl methyl sites for hydroxylation is 4. The van der Waals surface area contributed by atoms with Crippen molar-refractivity contribution in [3.63, 3.8) is 0 Å². The maximum Gasteiger partial charge on any atom is 0.224 e. The second-order valence-corrected chi connectivity index (χ2v) is 9.24. The fourth-order valence-electron chi connectivity index (χ4n) is 2.48. The van der Waals surface area contributed by atoms with Gasteiger partial charge in [0.25, 0.3) is 0 Å². The van der Waals surface area contributed by atoms with Gasteiger partial charge in [0.15, 0.2) is 0 Å². The Bertz CT molecular complexity index is 1440. The van der Waals surface area contributed by atoms with Gasteiger partial charge in [0.05, 0.1) is 0 Å². The number of aliphatic imine (C=N–C) groups is 3. The first-order valence-electron chi connectivity index (χ1n) is 12.0. The van der Waals surface area contributed by atoms with Gasteiger partial charge >= 0.3 is 0 Å². The molecule has 0 fully saturated rings. The second kappa shape index (κ2) is 32.2. The van der Waals surface area contributed by atoms with Crippen LogP contribution in [0.4, 0.5) is 11.6 Å². The van der Waals surface area contributed by atoms with Gasteiger partial charge in [-0.15, -0.1) is 0 Å². The number of anilines is 2. The summed E-state index contributed by atoms with van der Waals surface area (Å²) in [5.41, 5.74) is 9.86. The normalized spacial score (nSPS) is 8.50. The van der Waals surface area contributed by atoms with Gasteiger partial charge in [0, 0.05) is 171 Å². The van der Waals surface area contributed by atoms with Crippen LogP contribution in [-0.4, -0.2) is 50.1 Å². The monoisotopic (exact) mass is 1160 g/mol. The van der Waals surface area contributed by atoms with Crippen LogP contribution in [0, 0.1) is 68.2 Å². The molecular formula is C28H33Cl3I2N12Y3-6. The summed E-state index contributed by atoms with van der Waals surface area (Å²) >= 11 is 21.1. The number of hydrogen-bond donors (Lipinski definition) is 3. The molecule has 0 bridgehead atoms. The van der Waals surface area contributed by atoms with Crippen molar-refractivity contribution >= 4 is 104 Å². The predicted molar refractivity (Wildman–Crippen MR) is 205 cm³/mol. The van der Waals surface area contributed by atoms with E-state index in [0.717, 1.165) is 33.8 Å². The maximum atomic E-state index is 5.68. The first-order chi connectivity index (χ1) is 21.0. The minimum absolute atomic E-state index is 0. The van der Waals surface area contributed by atoms with Gasteiger partial charge in [-0.25, -0.2) is 47.4 Å². The molecule has 0 aliphatic carbocycles. The third-order valence-corrected chi connectivity index (χ3v) is 5.79. The van der Waals surface area contributed by atoms with E-state index >= 15 is 0 Å². The summed E-state index contributed by atoms with van der Waals surface area (Å²) in [7, 11) is 0. The molecule has 0 atom stereocenters. The van der Waals surface area contributed by atoms with Crippen molar-refractivity contribution in [3.8, 4) is 0 Å². The molecule has 0 aliphatic rings. The topological polar surface area (TPSA) is 164 Å². The number of nitrogens with two attached hydrogens (primary N) is 1. The molecule has 3 rings (SSSR count). The number of halogens is 5. The van der Waals surface area contributed by atoms with Crippen molar-refractivity contribution in [2.75, 3.05) is 10.6 Å². The van der Waals surface area contributed by atoms with E-state index < -0.39 is 0 Å². The summed E-state index contributed by atoms with van der Waals surface area (Å²) in [6, 6.07) is 0. The van der Waals surface area contributed by atoms with Crippen molar-refractivity contribution in [1.29, 1.82) is 0 Å². The van der Waals surface area contributed by atoms with Crippen LogP contribution >= 0.6 is 72.0 Å². The molecule has 4 N–H and O–H groups in total. The van der Waals surface area contributed by atoms with Crippen LogP contribution in [0.25, 0.3) is 0 Å². The van der Waals surface area contributed by atoms with Crippen molar-refractivity contribution in [1.82, 2.24) is 29.9 Å². The molecule has 0 aliphatic heterocycles. The molecule has 3 aromatic rings. The first kappa shape index (κ1) is 57.8. The second-order valence-electron chi connectivity index (χ2n) is 8.21. The average Bonchev–Trinajstić information content (AvgIpc) is 2.98. The van der Waals surface area contributed by atoms with Crippen LogP contribution < -0.4 is 16.4 Å². The average molecular weight is 1170 g/mol. The van der Waals surface area contributed by atoms with E-state index in [1.165, 1.54) is 0 Å². The zero-order valence-electron chi connectivity index (χ0n) is 27.2. The van der Waals surface area contributed by atoms with Gasteiger partial charge in [0.1, 0.15) is 22.6 Å². The van der Waals surface area contributed by atoms with Gasteiger partial charge in [-0.1, -0.05) is 11.6 Å². The smallest absolute Gasteiger partial charge is 0.224 e. The Hall–Kier alpha value is 0.512. The molecule has 3 aromatic heterocycles. The van der Waals surface area contributed by atoms with Crippen molar-refractivity contribution < 1.29 is 99.6 Å². The molecule has 3 heterocycles. The summed E-state index contributed by atoms with van der Waals surface area (Å²) in [4.78, 5) is 33.4. The van der Waals surface area contributed by atoms with Crippen molar-refractivity contribution in [3.05, 3.63) is 92.5 Å². The summed E-state index contributed by atoms with van der Waals surface area (Å²) in [6.07, 6.45) is 0. The first-order valence-corrected chi connectivity index (χ1v) is 19.4. The summed E-state index contributed by atoms with van der Waals surface area (Å²) in [6.45, 7) is 43.0. The molecule has 12 nitrogen and oxygen atoms in total. The Labute approximate surface area is 399 Å². The van der Waals surface area contributed by atoms with Crippen LogP contribution in [0.5, 0.6) is 0 Å². The van der Waals surface area contributed by atoms with Gasteiger partial charge in [0.2, 0.25) is 10.6 Å².